The molecule has 0 aliphatic rings. The lowest BCUT2D eigenvalue weighted by Crippen LogP contribution is -1.99. The second kappa shape index (κ2) is 5.58. The minimum atomic E-state index is -0.600. The third-order valence-electron chi connectivity index (χ3n) is 1.93. The van der Waals surface area contributed by atoms with Crippen LogP contribution in [0.3, 0.4) is 0 Å². The molecule has 0 radical (unpaired) electrons. The molecule has 15 heavy (non-hydrogen) atoms. The molecule has 1 aromatic carbocycles. The first kappa shape index (κ1) is 11.8. The van der Waals surface area contributed by atoms with Crippen LogP contribution < -0.4 is 5.73 Å². The molecule has 0 amide bonds. The largest absolute Gasteiger partial charge is 0.380 e. The Morgan fingerprint density at radius 1 is 1.40 bits per heavy atom. The van der Waals surface area contributed by atoms with Gasteiger partial charge in [0, 0.05) is 24.8 Å². The van der Waals surface area contributed by atoms with Gasteiger partial charge in [-0.2, -0.15) is 0 Å². The summed E-state index contributed by atoms with van der Waals surface area (Å²) in [5, 5.41) is 0. The second-order valence-electron chi connectivity index (χ2n) is 3.01. The highest BCUT2D eigenvalue weighted by molar-refractivity contribution is 5.52. The Bertz CT molecular complexity index is 364. The van der Waals surface area contributed by atoms with Gasteiger partial charge in [0.2, 0.25) is 0 Å². The molecule has 1 aromatic rings. The van der Waals surface area contributed by atoms with E-state index in [1.807, 2.05) is 0 Å². The smallest absolute Gasteiger partial charge is 0.138 e. The van der Waals surface area contributed by atoms with Crippen molar-refractivity contribution in [1.82, 2.24) is 0 Å². The van der Waals surface area contributed by atoms with E-state index in [0.717, 1.165) is 0 Å². The fourth-order valence-corrected chi connectivity index (χ4v) is 1.22. The predicted molar refractivity (Wildman–Crippen MR) is 55.2 cm³/mol. The molecule has 0 heterocycles. The third-order valence-corrected chi connectivity index (χ3v) is 1.93. The third kappa shape index (κ3) is 2.84. The number of halogens is 2. The van der Waals surface area contributed by atoms with Crippen molar-refractivity contribution in [2.45, 2.75) is 6.61 Å². The summed E-state index contributed by atoms with van der Waals surface area (Å²) in [6, 6.07) is 2.58. The topological polar surface area (TPSA) is 35.2 Å². The second-order valence-corrected chi connectivity index (χ2v) is 3.01. The zero-order chi connectivity index (χ0) is 11.3. The first-order valence-corrected chi connectivity index (χ1v) is 4.53. The lowest BCUT2D eigenvalue weighted by Gasteiger charge is -2.05. The van der Waals surface area contributed by atoms with E-state index in [0.29, 0.717) is 5.56 Å². The quantitative estimate of drug-likeness (QED) is 0.831. The van der Waals surface area contributed by atoms with Crippen molar-refractivity contribution >= 4 is 6.08 Å². The van der Waals surface area contributed by atoms with Crippen LogP contribution in [0.2, 0.25) is 0 Å². The monoisotopic (exact) mass is 213 g/mol. The van der Waals surface area contributed by atoms with E-state index >= 15 is 0 Å². The summed E-state index contributed by atoms with van der Waals surface area (Å²) in [4.78, 5) is 0. The van der Waals surface area contributed by atoms with E-state index < -0.39 is 11.6 Å². The van der Waals surface area contributed by atoms with E-state index in [2.05, 4.69) is 0 Å². The summed E-state index contributed by atoms with van der Waals surface area (Å²) < 4.78 is 31.6. The van der Waals surface area contributed by atoms with Crippen molar-refractivity contribution in [2.24, 2.45) is 5.73 Å². The molecule has 0 aromatic heterocycles. The van der Waals surface area contributed by atoms with Crippen LogP contribution in [0, 0.1) is 11.6 Å². The molecule has 0 unspecified atom stereocenters. The molecule has 0 spiro atoms. The van der Waals surface area contributed by atoms with Gasteiger partial charge in [0.25, 0.3) is 0 Å². The molecule has 0 atom stereocenters. The van der Waals surface area contributed by atoms with Gasteiger partial charge >= 0.3 is 0 Å². The maximum atomic E-state index is 13.6. The van der Waals surface area contributed by atoms with Crippen molar-refractivity contribution in [1.29, 1.82) is 0 Å². The van der Waals surface area contributed by atoms with Crippen molar-refractivity contribution in [3.63, 3.8) is 0 Å². The Balaban J connectivity index is 3.11. The van der Waals surface area contributed by atoms with Crippen LogP contribution in [-0.4, -0.2) is 13.7 Å². The SMILES string of the molecule is COCc1ccc(F)c(/C=C/CN)c1F. The first-order chi connectivity index (χ1) is 7.20. The van der Waals surface area contributed by atoms with Gasteiger partial charge in [-0.1, -0.05) is 18.2 Å². The first-order valence-electron chi connectivity index (χ1n) is 4.53. The van der Waals surface area contributed by atoms with E-state index in [4.69, 9.17) is 10.5 Å². The zero-order valence-corrected chi connectivity index (χ0v) is 8.47. The minimum absolute atomic E-state index is 0.0741. The minimum Gasteiger partial charge on any atom is -0.380 e. The molecule has 82 valence electrons. The average Bonchev–Trinajstić information content (AvgIpc) is 2.22. The maximum Gasteiger partial charge on any atom is 0.138 e. The van der Waals surface area contributed by atoms with Crippen molar-refractivity contribution in [3.05, 3.63) is 41.0 Å². The van der Waals surface area contributed by atoms with Gasteiger partial charge in [0.05, 0.1) is 6.61 Å². The van der Waals surface area contributed by atoms with Gasteiger partial charge in [-0.05, 0) is 6.07 Å². The summed E-state index contributed by atoms with van der Waals surface area (Å²) in [5.41, 5.74) is 5.47. The van der Waals surface area contributed by atoms with E-state index in [1.165, 1.54) is 31.4 Å². The Morgan fingerprint density at radius 3 is 2.73 bits per heavy atom. The van der Waals surface area contributed by atoms with Crippen LogP contribution in [0.5, 0.6) is 0 Å². The summed E-state index contributed by atoms with van der Waals surface area (Å²) >= 11 is 0. The molecule has 1 rings (SSSR count). The Labute approximate surface area is 87.4 Å². The highest BCUT2D eigenvalue weighted by Gasteiger charge is 2.10. The molecule has 0 aliphatic heterocycles. The predicted octanol–water partition coefficient (Wildman–Crippen LogP) is 2.08. The number of nitrogens with two attached hydrogens (primary N) is 1. The van der Waals surface area contributed by atoms with Gasteiger partial charge in [-0.3, -0.25) is 0 Å². The Morgan fingerprint density at radius 2 is 2.13 bits per heavy atom. The summed E-state index contributed by atoms with van der Waals surface area (Å²) in [6.07, 6.45) is 2.84. The number of hydrogen-bond acceptors (Lipinski definition) is 2. The molecule has 0 fully saturated rings. The Kier molecular flexibility index (Phi) is 4.39. The number of ether oxygens (including phenoxy) is 1. The summed E-state index contributed by atoms with van der Waals surface area (Å²) in [6.45, 7) is 0.364. The van der Waals surface area contributed by atoms with Gasteiger partial charge in [-0.25, -0.2) is 8.78 Å². The van der Waals surface area contributed by atoms with Gasteiger partial charge in [-0.15, -0.1) is 0 Å². The van der Waals surface area contributed by atoms with Gasteiger partial charge < -0.3 is 10.5 Å². The van der Waals surface area contributed by atoms with E-state index in [1.54, 1.807) is 0 Å². The fraction of sp³-hybridized carbons (Fsp3) is 0.273. The molecular weight excluding hydrogens is 200 g/mol. The number of benzene rings is 1. The molecule has 4 heteroatoms. The van der Waals surface area contributed by atoms with Crippen LogP contribution >= 0.6 is 0 Å². The standard InChI is InChI=1S/C11H13F2NO/c1-15-7-8-4-5-10(12)9(11(8)13)3-2-6-14/h2-5H,6-7,14H2,1H3/b3-2+. The van der Waals surface area contributed by atoms with Crippen LogP contribution in [0.4, 0.5) is 8.78 Å². The normalized spacial score (nSPS) is 11.2. The van der Waals surface area contributed by atoms with Gasteiger partial charge in [0.1, 0.15) is 11.6 Å². The molecule has 2 N–H and O–H groups in total. The van der Waals surface area contributed by atoms with Crippen LogP contribution in [0.1, 0.15) is 11.1 Å². The number of methoxy groups -OCH3 is 1. The maximum absolute atomic E-state index is 13.6. The van der Waals surface area contributed by atoms with E-state index in [9.17, 15) is 8.78 Å². The van der Waals surface area contributed by atoms with Crippen LogP contribution in [0.25, 0.3) is 6.08 Å². The highest BCUT2D eigenvalue weighted by Crippen LogP contribution is 2.18. The summed E-state index contributed by atoms with van der Waals surface area (Å²) in [5.74, 6) is -1.20. The lowest BCUT2D eigenvalue weighted by atomic mass is 10.1. The molecule has 0 bridgehead atoms. The number of rotatable bonds is 4. The summed E-state index contributed by atoms with van der Waals surface area (Å²) in [7, 11) is 1.46. The highest BCUT2D eigenvalue weighted by atomic mass is 19.1. The molecular formula is C11H13F2NO. The average molecular weight is 213 g/mol. The van der Waals surface area contributed by atoms with E-state index in [-0.39, 0.29) is 18.7 Å². The molecule has 0 aliphatic carbocycles. The Hall–Kier alpha value is -1.26. The fourth-order valence-electron chi connectivity index (χ4n) is 1.22. The van der Waals surface area contributed by atoms with Crippen molar-refractivity contribution in [2.75, 3.05) is 13.7 Å². The van der Waals surface area contributed by atoms with Crippen molar-refractivity contribution < 1.29 is 13.5 Å². The van der Waals surface area contributed by atoms with Crippen molar-refractivity contribution in [3.8, 4) is 0 Å². The van der Waals surface area contributed by atoms with Crippen LogP contribution in [-0.2, 0) is 11.3 Å². The number of hydrogen-bond donors (Lipinski definition) is 1. The lowest BCUT2D eigenvalue weighted by molar-refractivity contribution is 0.181. The van der Waals surface area contributed by atoms with Gasteiger partial charge in [0.15, 0.2) is 0 Å². The van der Waals surface area contributed by atoms with Crippen LogP contribution in [0.15, 0.2) is 18.2 Å². The zero-order valence-electron chi connectivity index (χ0n) is 8.47. The molecule has 2 nitrogen and oxygen atoms in total. The molecule has 0 saturated carbocycles. The molecule has 0 saturated heterocycles.